The zero-order chi connectivity index (χ0) is 14.5. The smallest absolute Gasteiger partial charge is 0.356 e. The number of aromatic nitrogens is 2. The van der Waals surface area contributed by atoms with E-state index < -0.39 is 5.97 Å². The first-order valence-electron chi connectivity index (χ1n) is 5.99. The molecule has 0 aliphatic rings. The minimum atomic E-state index is -1.08. The molecule has 1 aromatic carbocycles. The predicted molar refractivity (Wildman–Crippen MR) is 74.1 cm³/mol. The van der Waals surface area contributed by atoms with Crippen LogP contribution in [0, 0.1) is 0 Å². The Morgan fingerprint density at radius 2 is 1.95 bits per heavy atom. The van der Waals surface area contributed by atoms with E-state index in [1.54, 1.807) is 7.11 Å². The Kier molecular flexibility index (Phi) is 4.14. The fourth-order valence-corrected chi connectivity index (χ4v) is 1.71. The van der Waals surface area contributed by atoms with Crippen molar-refractivity contribution in [1.29, 1.82) is 0 Å². The van der Waals surface area contributed by atoms with Crippen LogP contribution in [0.1, 0.15) is 16.1 Å². The Morgan fingerprint density at radius 3 is 2.45 bits per heavy atom. The van der Waals surface area contributed by atoms with Crippen molar-refractivity contribution in [3.05, 3.63) is 47.9 Å². The summed E-state index contributed by atoms with van der Waals surface area (Å²) in [7, 11) is 3.50. The Labute approximate surface area is 116 Å². The van der Waals surface area contributed by atoms with E-state index in [1.807, 2.05) is 36.2 Å². The number of carboxylic acid groups (broad SMARTS) is 1. The maximum absolute atomic E-state index is 10.7. The van der Waals surface area contributed by atoms with Gasteiger partial charge in [0, 0.05) is 13.6 Å². The SMILES string of the molecule is COc1ccc(CN(C)c2cnc(C(=O)O)cn2)cc1. The van der Waals surface area contributed by atoms with Crippen molar-refractivity contribution < 1.29 is 14.6 Å². The normalized spacial score (nSPS) is 10.1. The molecule has 6 nitrogen and oxygen atoms in total. The Hall–Kier alpha value is -2.63. The van der Waals surface area contributed by atoms with E-state index in [2.05, 4.69) is 9.97 Å². The van der Waals surface area contributed by atoms with E-state index in [-0.39, 0.29) is 5.69 Å². The standard InChI is InChI=1S/C14H15N3O3/c1-17(9-10-3-5-11(20-2)6-4-10)13-8-15-12(7-16-13)14(18)19/h3-8H,9H2,1-2H3,(H,18,19). The molecule has 0 aliphatic carbocycles. The molecule has 0 saturated heterocycles. The fraction of sp³-hybridized carbons (Fsp3) is 0.214. The first kappa shape index (κ1) is 13.8. The van der Waals surface area contributed by atoms with Gasteiger partial charge in [-0.1, -0.05) is 12.1 Å². The van der Waals surface area contributed by atoms with Gasteiger partial charge in [0.25, 0.3) is 0 Å². The zero-order valence-corrected chi connectivity index (χ0v) is 11.3. The van der Waals surface area contributed by atoms with Gasteiger partial charge in [-0.15, -0.1) is 0 Å². The second kappa shape index (κ2) is 6.01. The van der Waals surface area contributed by atoms with Gasteiger partial charge in [-0.25, -0.2) is 14.8 Å². The van der Waals surface area contributed by atoms with Gasteiger partial charge in [0.1, 0.15) is 11.6 Å². The predicted octanol–water partition coefficient (Wildman–Crippen LogP) is 1.82. The molecule has 0 radical (unpaired) electrons. The van der Waals surface area contributed by atoms with E-state index in [1.165, 1.54) is 12.4 Å². The van der Waals surface area contributed by atoms with Gasteiger partial charge in [0.05, 0.1) is 19.5 Å². The summed E-state index contributed by atoms with van der Waals surface area (Å²) in [5.74, 6) is 0.342. The van der Waals surface area contributed by atoms with Crippen molar-refractivity contribution >= 4 is 11.8 Å². The second-order valence-corrected chi connectivity index (χ2v) is 4.27. The summed E-state index contributed by atoms with van der Waals surface area (Å²) in [5, 5.41) is 8.77. The molecule has 1 aromatic heterocycles. The molecular weight excluding hydrogens is 258 g/mol. The highest BCUT2D eigenvalue weighted by Crippen LogP contribution is 2.15. The van der Waals surface area contributed by atoms with Gasteiger partial charge in [-0.2, -0.15) is 0 Å². The molecule has 0 amide bonds. The highest BCUT2D eigenvalue weighted by Gasteiger charge is 2.08. The first-order valence-corrected chi connectivity index (χ1v) is 5.99. The number of anilines is 1. The van der Waals surface area contributed by atoms with Crippen molar-refractivity contribution in [3.63, 3.8) is 0 Å². The molecule has 6 heteroatoms. The molecule has 2 aromatic rings. The van der Waals surface area contributed by atoms with Crippen LogP contribution in [0.4, 0.5) is 5.82 Å². The fourth-order valence-electron chi connectivity index (χ4n) is 1.71. The Balaban J connectivity index is 2.06. The van der Waals surface area contributed by atoms with Crippen LogP contribution in [0.25, 0.3) is 0 Å². The number of carboxylic acids is 1. The molecule has 20 heavy (non-hydrogen) atoms. The molecule has 0 aliphatic heterocycles. The van der Waals surface area contributed by atoms with E-state index in [0.29, 0.717) is 12.4 Å². The van der Waals surface area contributed by atoms with Crippen LogP contribution in [-0.4, -0.2) is 35.2 Å². The van der Waals surface area contributed by atoms with Crippen molar-refractivity contribution in [3.8, 4) is 5.75 Å². The molecule has 104 valence electrons. The minimum Gasteiger partial charge on any atom is -0.497 e. The molecule has 0 unspecified atom stereocenters. The molecule has 1 N–H and O–H groups in total. The molecule has 0 fully saturated rings. The Bertz CT molecular complexity index is 582. The second-order valence-electron chi connectivity index (χ2n) is 4.27. The van der Waals surface area contributed by atoms with E-state index in [0.717, 1.165) is 11.3 Å². The van der Waals surface area contributed by atoms with Gasteiger partial charge in [0.15, 0.2) is 5.69 Å². The molecule has 0 bridgehead atoms. The summed E-state index contributed by atoms with van der Waals surface area (Å²) in [5.41, 5.74) is 1.03. The highest BCUT2D eigenvalue weighted by atomic mass is 16.5. The lowest BCUT2D eigenvalue weighted by atomic mass is 10.2. The van der Waals surface area contributed by atoms with Gasteiger partial charge >= 0.3 is 5.97 Å². The van der Waals surface area contributed by atoms with Crippen LogP contribution in [0.5, 0.6) is 5.75 Å². The van der Waals surface area contributed by atoms with Crippen molar-refractivity contribution in [2.24, 2.45) is 0 Å². The Morgan fingerprint density at radius 1 is 1.25 bits per heavy atom. The van der Waals surface area contributed by atoms with Crippen molar-refractivity contribution in [2.75, 3.05) is 19.1 Å². The lowest BCUT2D eigenvalue weighted by Gasteiger charge is -2.17. The van der Waals surface area contributed by atoms with Gasteiger partial charge < -0.3 is 14.7 Å². The van der Waals surface area contributed by atoms with Gasteiger partial charge in [-0.3, -0.25) is 0 Å². The topological polar surface area (TPSA) is 75.5 Å². The average Bonchev–Trinajstić information content (AvgIpc) is 2.48. The number of hydrogen-bond acceptors (Lipinski definition) is 5. The number of rotatable bonds is 5. The van der Waals surface area contributed by atoms with Gasteiger partial charge in [0.2, 0.25) is 0 Å². The van der Waals surface area contributed by atoms with Crippen LogP contribution in [0.3, 0.4) is 0 Å². The van der Waals surface area contributed by atoms with Crippen LogP contribution in [0.2, 0.25) is 0 Å². The number of hydrogen-bond donors (Lipinski definition) is 1. The number of methoxy groups -OCH3 is 1. The number of carbonyl (C=O) groups is 1. The first-order chi connectivity index (χ1) is 9.60. The highest BCUT2D eigenvalue weighted by molar-refractivity contribution is 5.84. The summed E-state index contributed by atoms with van der Waals surface area (Å²) in [6.45, 7) is 0.644. The molecule has 0 saturated carbocycles. The average molecular weight is 273 g/mol. The third-order valence-electron chi connectivity index (χ3n) is 2.83. The summed E-state index contributed by atoms with van der Waals surface area (Å²) in [6, 6.07) is 7.72. The summed E-state index contributed by atoms with van der Waals surface area (Å²) in [4.78, 5) is 20.5. The van der Waals surface area contributed by atoms with Crippen LogP contribution >= 0.6 is 0 Å². The molecule has 2 rings (SSSR count). The zero-order valence-electron chi connectivity index (χ0n) is 11.3. The largest absolute Gasteiger partial charge is 0.497 e. The number of ether oxygens (including phenoxy) is 1. The van der Waals surface area contributed by atoms with Crippen LogP contribution < -0.4 is 9.64 Å². The van der Waals surface area contributed by atoms with Crippen LogP contribution in [0.15, 0.2) is 36.7 Å². The quantitative estimate of drug-likeness (QED) is 0.895. The number of aromatic carboxylic acids is 1. The van der Waals surface area contributed by atoms with Crippen LogP contribution in [-0.2, 0) is 6.54 Å². The lowest BCUT2D eigenvalue weighted by Crippen LogP contribution is -2.18. The van der Waals surface area contributed by atoms with E-state index >= 15 is 0 Å². The number of benzene rings is 1. The molecule has 0 atom stereocenters. The monoisotopic (exact) mass is 273 g/mol. The van der Waals surface area contributed by atoms with E-state index in [4.69, 9.17) is 9.84 Å². The lowest BCUT2D eigenvalue weighted by molar-refractivity contribution is 0.0690. The van der Waals surface area contributed by atoms with Gasteiger partial charge in [-0.05, 0) is 17.7 Å². The van der Waals surface area contributed by atoms with E-state index in [9.17, 15) is 4.79 Å². The van der Waals surface area contributed by atoms with Crippen molar-refractivity contribution in [2.45, 2.75) is 6.54 Å². The van der Waals surface area contributed by atoms with Crippen molar-refractivity contribution in [1.82, 2.24) is 9.97 Å². The third kappa shape index (κ3) is 3.23. The number of nitrogens with zero attached hydrogens (tertiary/aromatic N) is 3. The summed E-state index contributed by atoms with van der Waals surface area (Å²) >= 11 is 0. The summed E-state index contributed by atoms with van der Waals surface area (Å²) < 4.78 is 5.10. The maximum Gasteiger partial charge on any atom is 0.356 e. The third-order valence-corrected chi connectivity index (χ3v) is 2.83. The molecule has 0 spiro atoms. The minimum absolute atomic E-state index is 0.0633. The molecule has 1 heterocycles. The summed E-state index contributed by atoms with van der Waals surface area (Å²) in [6.07, 6.45) is 2.70. The molecular formula is C14H15N3O3. The maximum atomic E-state index is 10.7.